The summed E-state index contributed by atoms with van der Waals surface area (Å²) in [4.78, 5) is 0.775. The van der Waals surface area contributed by atoms with Gasteiger partial charge in [0.1, 0.15) is 16.7 Å². The number of methoxy groups -OCH3 is 1. The molecule has 1 atom stereocenters. The van der Waals surface area contributed by atoms with Crippen molar-refractivity contribution in [2.24, 2.45) is 0 Å². The summed E-state index contributed by atoms with van der Waals surface area (Å²) in [5.41, 5.74) is 1.97. The third-order valence-corrected chi connectivity index (χ3v) is 9.22. The summed E-state index contributed by atoms with van der Waals surface area (Å²) in [6, 6.07) is 23.4. The lowest BCUT2D eigenvalue weighted by Gasteiger charge is -2.21. The summed E-state index contributed by atoms with van der Waals surface area (Å²) in [5.74, 6) is 0.789. The minimum Gasteiger partial charge on any atom is -0.496 e. The highest BCUT2D eigenvalue weighted by Gasteiger charge is 2.22. The highest BCUT2D eigenvalue weighted by molar-refractivity contribution is 7.83. The van der Waals surface area contributed by atoms with Gasteiger partial charge in [0.05, 0.1) is 20.1 Å². The quantitative estimate of drug-likeness (QED) is 0.345. The van der Waals surface area contributed by atoms with Crippen LogP contribution in [0.2, 0.25) is 19.6 Å². The van der Waals surface area contributed by atoms with Crippen LogP contribution in [0.25, 0.3) is 32.7 Å². The summed E-state index contributed by atoms with van der Waals surface area (Å²) in [5, 5.41) is 5.91. The van der Waals surface area contributed by atoms with Crippen molar-refractivity contribution in [1.82, 2.24) is 4.72 Å². The van der Waals surface area contributed by atoms with E-state index in [1.54, 1.807) is 7.11 Å². The van der Waals surface area contributed by atoms with Crippen LogP contribution in [0.5, 0.6) is 5.75 Å². The van der Waals surface area contributed by atoms with Crippen LogP contribution in [-0.2, 0) is 11.0 Å². The molecule has 0 heterocycles. The van der Waals surface area contributed by atoms with E-state index in [9.17, 15) is 4.21 Å². The Balaban J connectivity index is 2.11. The second-order valence-corrected chi connectivity index (χ2v) is 15.8. The monoisotopic (exact) mass is 461 g/mol. The van der Waals surface area contributed by atoms with E-state index in [2.05, 4.69) is 66.8 Å². The Hall–Kier alpha value is -2.47. The Bertz CT molecular complexity index is 1320. The van der Waals surface area contributed by atoms with Crippen molar-refractivity contribution < 1.29 is 8.95 Å². The first-order chi connectivity index (χ1) is 15.2. The van der Waals surface area contributed by atoms with Crippen LogP contribution in [0.3, 0.4) is 0 Å². The molecule has 5 heteroatoms. The highest BCUT2D eigenvalue weighted by Crippen LogP contribution is 2.43. The molecule has 0 bridgehead atoms. The highest BCUT2D eigenvalue weighted by atomic mass is 32.2. The summed E-state index contributed by atoms with van der Waals surface area (Å²) >= 11 is 0. The molecule has 0 spiro atoms. The molecule has 0 fully saturated rings. The number of ether oxygens (including phenoxy) is 1. The molecule has 0 saturated heterocycles. The van der Waals surface area contributed by atoms with Crippen LogP contribution >= 0.6 is 0 Å². The number of benzene rings is 4. The Morgan fingerprint density at radius 1 is 0.844 bits per heavy atom. The van der Waals surface area contributed by atoms with Crippen molar-refractivity contribution >= 4 is 45.8 Å². The second-order valence-electron chi connectivity index (χ2n) is 9.53. The normalized spacial score (nSPS) is 13.1. The maximum absolute atomic E-state index is 13.4. The van der Waals surface area contributed by atoms with Crippen LogP contribution in [-0.4, -0.2) is 25.4 Å². The average molecular weight is 462 g/mol. The van der Waals surface area contributed by atoms with E-state index in [1.807, 2.05) is 38.1 Å². The molecule has 0 saturated carbocycles. The van der Waals surface area contributed by atoms with Crippen LogP contribution < -0.4 is 14.6 Å². The maximum atomic E-state index is 13.4. The van der Waals surface area contributed by atoms with Gasteiger partial charge in [-0.3, -0.25) is 0 Å². The Kier molecular flexibility index (Phi) is 6.25. The maximum Gasteiger partial charge on any atom is 0.127 e. The van der Waals surface area contributed by atoms with Crippen molar-refractivity contribution in [3.63, 3.8) is 0 Å². The predicted molar refractivity (Wildman–Crippen MR) is 141 cm³/mol. The number of nitrogens with one attached hydrogen (secondary N) is 1. The molecule has 0 radical (unpaired) electrons. The van der Waals surface area contributed by atoms with Crippen molar-refractivity contribution in [3.05, 3.63) is 66.7 Å². The van der Waals surface area contributed by atoms with Crippen molar-refractivity contribution in [1.29, 1.82) is 0 Å². The molecule has 0 aliphatic carbocycles. The first-order valence-electron chi connectivity index (χ1n) is 11.0. The molecule has 0 aliphatic heterocycles. The van der Waals surface area contributed by atoms with E-state index in [0.29, 0.717) is 0 Å². The van der Waals surface area contributed by atoms with Crippen molar-refractivity contribution in [3.8, 4) is 16.9 Å². The fraction of sp³-hybridized carbons (Fsp3) is 0.259. The van der Waals surface area contributed by atoms with E-state index in [1.165, 1.54) is 10.6 Å². The third kappa shape index (κ3) is 4.25. The first kappa shape index (κ1) is 22.7. The van der Waals surface area contributed by atoms with E-state index in [-0.39, 0.29) is 6.04 Å². The Morgan fingerprint density at radius 3 is 2.22 bits per heavy atom. The van der Waals surface area contributed by atoms with Gasteiger partial charge in [0.2, 0.25) is 0 Å². The largest absolute Gasteiger partial charge is 0.496 e. The molecular formula is C27H31NO2SSi. The van der Waals surface area contributed by atoms with Gasteiger partial charge in [-0.2, -0.15) is 0 Å². The molecule has 1 N–H and O–H groups in total. The Morgan fingerprint density at radius 2 is 1.53 bits per heavy atom. The standard InChI is InChI=1S/C27H31NO2SSi/c1-18(2)28-31(29)25-16-12-19-9-7-8-10-22(19)27(25)26-23-14-13-21(32(4,5)6)17-20(23)11-15-24(26)30-3/h7-18,28H,1-6H3. The fourth-order valence-electron chi connectivity index (χ4n) is 4.15. The first-order valence-corrected chi connectivity index (χ1v) is 15.7. The number of fused-ring (bicyclic) bond motifs is 2. The topological polar surface area (TPSA) is 38.3 Å². The van der Waals surface area contributed by atoms with Gasteiger partial charge in [0.25, 0.3) is 0 Å². The number of hydrogen-bond donors (Lipinski definition) is 1. The molecule has 0 aromatic heterocycles. The van der Waals surface area contributed by atoms with Crippen LogP contribution in [0.15, 0.2) is 71.6 Å². The van der Waals surface area contributed by atoms with E-state index in [4.69, 9.17) is 4.74 Å². The lowest BCUT2D eigenvalue weighted by atomic mass is 9.93. The molecule has 4 aromatic rings. The van der Waals surface area contributed by atoms with Crippen LogP contribution in [0, 0.1) is 0 Å². The molecule has 32 heavy (non-hydrogen) atoms. The van der Waals surface area contributed by atoms with Gasteiger partial charge in [-0.1, -0.05) is 79.4 Å². The van der Waals surface area contributed by atoms with E-state index in [0.717, 1.165) is 37.9 Å². The van der Waals surface area contributed by atoms with Gasteiger partial charge >= 0.3 is 0 Å². The lowest BCUT2D eigenvalue weighted by molar-refractivity contribution is 0.417. The lowest BCUT2D eigenvalue weighted by Crippen LogP contribution is -2.37. The fourth-order valence-corrected chi connectivity index (χ4v) is 6.46. The second kappa shape index (κ2) is 8.81. The molecular weight excluding hydrogens is 430 g/mol. The molecule has 3 nitrogen and oxygen atoms in total. The average Bonchev–Trinajstić information content (AvgIpc) is 2.76. The molecule has 4 aromatic carbocycles. The summed E-state index contributed by atoms with van der Waals surface area (Å²) < 4.78 is 22.4. The summed E-state index contributed by atoms with van der Waals surface area (Å²) in [6.07, 6.45) is 0. The van der Waals surface area contributed by atoms with Gasteiger partial charge in [0.15, 0.2) is 0 Å². The van der Waals surface area contributed by atoms with Crippen molar-refractivity contribution in [2.45, 2.75) is 44.4 Å². The minimum atomic E-state index is -1.45. The van der Waals surface area contributed by atoms with Gasteiger partial charge < -0.3 is 4.74 Å². The molecule has 0 aliphatic rings. The van der Waals surface area contributed by atoms with E-state index < -0.39 is 19.1 Å². The smallest absolute Gasteiger partial charge is 0.127 e. The zero-order chi connectivity index (χ0) is 23.0. The molecule has 166 valence electrons. The SMILES string of the molecule is COc1ccc2cc([Si](C)(C)C)ccc2c1-c1c(S(=O)NC(C)C)ccc2ccccc12. The Labute approximate surface area is 194 Å². The molecule has 4 rings (SSSR count). The van der Waals surface area contributed by atoms with Gasteiger partial charge in [-0.25, -0.2) is 8.93 Å². The number of hydrogen-bond acceptors (Lipinski definition) is 2. The predicted octanol–water partition coefficient (Wildman–Crippen LogP) is 6.23. The van der Waals surface area contributed by atoms with Crippen LogP contribution in [0.4, 0.5) is 0 Å². The summed E-state index contributed by atoms with van der Waals surface area (Å²) in [7, 11) is -1.10. The third-order valence-electron chi connectivity index (χ3n) is 5.75. The van der Waals surface area contributed by atoms with Crippen LogP contribution in [0.1, 0.15) is 13.8 Å². The zero-order valence-electron chi connectivity index (χ0n) is 19.7. The summed E-state index contributed by atoms with van der Waals surface area (Å²) in [6.45, 7) is 11.1. The van der Waals surface area contributed by atoms with Gasteiger partial charge in [-0.05, 0) is 47.5 Å². The van der Waals surface area contributed by atoms with Gasteiger partial charge in [0, 0.05) is 17.2 Å². The number of rotatable bonds is 6. The van der Waals surface area contributed by atoms with E-state index >= 15 is 0 Å². The molecule has 1 unspecified atom stereocenters. The molecule has 0 amide bonds. The van der Waals surface area contributed by atoms with Crippen molar-refractivity contribution in [2.75, 3.05) is 7.11 Å². The minimum absolute atomic E-state index is 0.101. The zero-order valence-corrected chi connectivity index (χ0v) is 21.5. The van der Waals surface area contributed by atoms with Gasteiger partial charge in [-0.15, -0.1) is 0 Å².